The third-order valence-corrected chi connectivity index (χ3v) is 4.45. The molecule has 0 saturated carbocycles. The summed E-state index contributed by atoms with van der Waals surface area (Å²) in [6, 6.07) is 9.60. The zero-order valence-corrected chi connectivity index (χ0v) is 13.0. The molecule has 114 valence electrons. The Morgan fingerprint density at radius 3 is 2.96 bits per heavy atom. The summed E-state index contributed by atoms with van der Waals surface area (Å²) in [5.74, 6) is -0.136. The van der Waals surface area contributed by atoms with Crippen molar-refractivity contribution in [2.45, 2.75) is 13.3 Å². The highest BCUT2D eigenvalue weighted by Crippen LogP contribution is 2.31. The minimum Gasteiger partial charge on any atom is -0.326 e. The maximum absolute atomic E-state index is 11.4. The summed E-state index contributed by atoms with van der Waals surface area (Å²) >= 11 is 1.34. The van der Waals surface area contributed by atoms with Crippen LogP contribution in [0.4, 0.5) is 10.8 Å². The number of hydrogen-bond acceptors (Lipinski definition) is 5. The van der Waals surface area contributed by atoms with Gasteiger partial charge in [0.25, 0.3) is 0 Å². The van der Waals surface area contributed by atoms with E-state index in [1.807, 2.05) is 30.3 Å². The molecule has 0 saturated heterocycles. The summed E-state index contributed by atoms with van der Waals surface area (Å²) in [6.07, 6.45) is 0.401. The molecular weight excluding hydrogens is 312 g/mol. The fourth-order valence-corrected chi connectivity index (χ4v) is 3.45. The molecule has 23 heavy (non-hydrogen) atoms. The Bertz CT molecular complexity index is 964. The summed E-state index contributed by atoms with van der Waals surface area (Å²) < 4.78 is 0. The number of rotatable bonds is 2. The molecular formula is C16H12N4O2S. The molecule has 2 N–H and O–H groups in total. The second-order valence-electron chi connectivity index (χ2n) is 5.32. The SMILES string of the molecule is CC(=O)Nc1nc2ccc(-c3ccc4c(c3)CC(=O)N4)nc2s1. The first kappa shape index (κ1) is 13.8. The van der Waals surface area contributed by atoms with Gasteiger partial charge in [0.15, 0.2) is 5.13 Å². The monoisotopic (exact) mass is 324 g/mol. The summed E-state index contributed by atoms with van der Waals surface area (Å²) in [5.41, 5.74) is 4.37. The molecule has 0 fully saturated rings. The van der Waals surface area contributed by atoms with Gasteiger partial charge in [-0.25, -0.2) is 9.97 Å². The van der Waals surface area contributed by atoms with E-state index in [2.05, 4.69) is 20.6 Å². The molecule has 0 atom stereocenters. The lowest BCUT2D eigenvalue weighted by Crippen LogP contribution is -2.04. The number of amides is 2. The highest BCUT2D eigenvalue weighted by atomic mass is 32.1. The number of pyridine rings is 1. The van der Waals surface area contributed by atoms with E-state index in [4.69, 9.17) is 0 Å². The molecule has 3 aromatic rings. The van der Waals surface area contributed by atoms with Crippen LogP contribution in [0.1, 0.15) is 12.5 Å². The van der Waals surface area contributed by atoms with E-state index in [0.29, 0.717) is 11.6 Å². The minimum atomic E-state index is -0.153. The van der Waals surface area contributed by atoms with E-state index >= 15 is 0 Å². The Hall–Kier alpha value is -2.80. The fraction of sp³-hybridized carbons (Fsp3) is 0.125. The Morgan fingerprint density at radius 1 is 1.26 bits per heavy atom. The first-order valence-corrected chi connectivity index (χ1v) is 7.88. The number of nitrogens with zero attached hydrogens (tertiary/aromatic N) is 2. The topological polar surface area (TPSA) is 84.0 Å². The van der Waals surface area contributed by atoms with E-state index in [1.165, 1.54) is 18.3 Å². The van der Waals surface area contributed by atoms with E-state index in [1.54, 1.807) is 0 Å². The number of aromatic nitrogens is 2. The van der Waals surface area contributed by atoms with Gasteiger partial charge in [-0.1, -0.05) is 17.4 Å². The number of carbonyl (C=O) groups excluding carboxylic acids is 2. The van der Waals surface area contributed by atoms with Crippen LogP contribution in [-0.4, -0.2) is 21.8 Å². The molecule has 0 spiro atoms. The van der Waals surface area contributed by atoms with Crippen LogP contribution >= 0.6 is 11.3 Å². The smallest absolute Gasteiger partial charge is 0.228 e. The molecule has 1 aromatic carbocycles. The first-order chi connectivity index (χ1) is 11.1. The van der Waals surface area contributed by atoms with E-state index in [0.717, 1.165) is 32.9 Å². The second kappa shape index (κ2) is 5.13. The van der Waals surface area contributed by atoms with Crippen LogP contribution in [0.2, 0.25) is 0 Å². The molecule has 6 nitrogen and oxygen atoms in total. The lowest BCUT2D eigenvalue weighted by Gasteiger charge is -2.03. The van der Waals surface area contributed by atoms with Gasteiger partial charge in [-0.05, 0) is 29.8 Å². The van der Waals surface area contributed by atoms with Crippen LogP contribution in [-0.2, 0) is 16.0 Å². The van der Waals surface area contributed by atoms with Crippen molar-refractivity contribution in [3.8, 4) is 11.3 Å². The van der Waals surface area contributed by atoms with Gasteiger partial charge < -0.3 is 10.6 Å². The number of benzene rings is 1. The first-order valence-electron chi connectivity index (χ1n) is 7.07. The molecule has 2 amide bonds. The predicted octanol–water partition coefficient (Wildman–Crippen LogP) is 2.81. The van der Waals surface area contributed by atoms with Crippen molar-refractivity contribution >= 4 is 44.3 Å². The van der Waals surface area contributed by atoms with E-state index < -0.39 is 0 Å². The summed E-state index contributed by atoms with van der Waals surface area (Å²) in [5, 5.41) is 6.04. The average molecular weight is 324 g/mol. The number of hydrogen-bond donors (Lipinski definition) is 2. The third-order valence-electron chi connectivity index (χ3n) is 3.56. The number of thiazole rings is 1. The largest absolute Gasteiger partial charge is 0.326 e. The number of anilines is 2. The molecule has 0 bridgehead atoms. The van der Waals surface area contributed by atoms with Crippen molar-refractivity contribution in [2.75, 3.05) is 10.6 Å². The molecule has 4 rings (SSSR count). The summed E-state index contributed by atoms with van der Waals surface area (Å²) in [4.78, 5) is 32.3. The second-order valence-corrected chi connectivity index (χ2v) is 6.30. The van der Waals surface area contributed by atoms with Crippen LogP contribution in [0.25, 0.3) is 21.6 Å². The Labute approximate surface area is 135 Å². The molecule has 3 heterocycles. The number of fused-ring (bicyclic) bond motifs is 2. The average Bonchev–Trinajstić information content (AvgIpc) is 3.05. The van der Waals surface area contributed by atoms with Crippen LogP contribution in [0, 0.1) is 0 Å². The normalized spacial score (nSPS) is 13.0. The Balaban J connectivity index is 1.73. The molecule has 2 aromatic heterocycles. The zero-order valence-electron chi connectivity index (χ0n) is 12.2. The van der Waals surface area contributed by atoms with Crippen LogP contribution in [0.5, 0.6) is 0 Å². The van der Waals surface area contributed by atoms with Crippen molar-refractivity contribution in [2.24, 2.45) is 0 Å². The zero-order chi connectivity index (χ0) is 16.0. The van der Waals surface area contributed by atoms with E-state index in [9.17, 15) is 9.59 Å². The Morgan fingerprint density at radius 2 is 2.13 bits per heavy atom. The van der Waals surface area contributed by atoms with Gasteiger partial charge in [0.1, 0.15) is 10.3 Å². The van der Waals surface area contributed by atoms with Gasteiger partial charge in [0.05, 0.1) is 12.1 Å². The van der Waals surface area contributed by atoms with Crippen LogP contribution in [0.15, 0.2) is 30.3 Å². The maximum Gasteiger partial charge on any atom is 0.228 e. The molecule has 1 aliphatic heterocycles. The van der Waals surface area contributed by atoms with Crippen molar-refractivity contribution in [1.29, 1.82) is 0 Å². The summed E-state index contributed by atoms with van der Waals surface area (Å²) in [6.45, 7) is 1.45. The van der Waals surface area contributed by atoms with Crippen molar-refractivity contribution < 1.29 is 9.59 Å². The standard InChI is InChI=1S/C16H12N4O2S/c1-8(21)17-16-20-13-5-4-11(19-15(13)23-16)9-2-3-12-10(6-9)7-14(22)18-12/h2-6H,7H2,1H3,(H,18,22)(H,17,20,21). The Kier molecular flexibility index (Phi) is 3.09. The van der Waals surface area contributed by atoms with Gasteiger partial charge in [0, 0.05) is 18.2 Å². The van der Waals surface area contributed by atoms with Gasteiger partial charge in [-0.3, -0.25) is 9.59 Å². The van der Waals surface area contributed by atoms with Gasteiger partial charge in [0.2, 0.25) is 11.8 Å². The molecule has 0 radical (unpaired) electrons. The fourth-order valence-electron chi connectivity index (χ4n) is 2.57. The van der Waals surface area contributed by atoms with Crippen molar-refractivity contribution in [3.05, 3.63) is 35.9 Å². The number of carbonyl (C=O) groups is 2. The molecule has 1 aliphatic rings. The van der Waals surface area contributed by atoms with Crippen LogP contribution < -0.4 is 10.6 Å². The van der Waals surface area contributed by atoms with Gasteiger partial charge >= 0.3 is 0 Å². The molecule has 0 unspecified atom stereocenters. The number of nitrogens with one attached hydrogen (secondary N) is 2. The quantitative estimate of drug-likeness (QED) is 0.759. The van der Waals surface area contributed by atoms with E-state index in [-0.39, 0.29) is 11.8 Å². The highest BCUT2D eigenvalue weighted by molar-refractivity contribution is 7.21. The van der Waals surface area contributed by atoms with Crippen molar-refractivity contribution in [3.63, 3.8) is 0 Å². The lowest BCUT2D eigenvalue weighted by atomic mass is 10.1. The van der Waals surface area contributed by atoms with Gasteiger partial charge in [-0.15, -0.1) is 0 Å². The summed E-state index contributed by atoms with van der Waals surface area (Å²) in [7, 11) is 0. The highest BCUT2D eigenvalue weighted by Gasteiger charge is 2.18. The molecule has 0 aliphatic carbocycles. The maximum atomic E-state index is 11.4. The van der Waals surface area contributed by atoms with Crippen LogP contribution in [0.3, 0.4) is 0 Å². The predicted molar refractivity (Wildman–Crippen MR) is 89.5 cm³/mol. The lowest BCUT2D eigenvalue weighted by molar-refractivity contribution is -0.115. The van der Waals surface area contributed by atoms with Gasteiger partial charge in [-0.2, -0.15) is 0 Å². The molecule has 7 heteroatoms. The van der Waals surface area contributed by atoms with Crippen molar-refractivity contribution in [1.82, 2.24) is 9.97 Å². The third kappa shape index (κ3) is 2.55. The minimum absolute atomic E-state index is 0.0166.